The van der Waals surface area contributed by atoms with Crippen molar-refractivity contribution in [2.24, 2.45) is 5.92 Å². The second-order valence-electron chi connectivity index (χ2n) is 7.22. The summed E-state index contributed by atoms with van der Waals surface area (Å²) in [6.07, 6.45) is 5.25. The number of aromatic amines is 1. The Kier molecular flexibility index (Phi) is 4.88. The summed E-state index contributed by atoms with van der Waals surface area (Å²) in [6.45, 7) is 4.45. The molecule has 3 rings (SSSR count). The van der Waals surface area contributed by atoms with E-state index in [1.807, 2.05) is 32.0 Å². The van der Waals surface area contributed by atoms with Gasteiger partial charge in [-0.15, -0.1) is 0 Å². The lowest BCUT2D eigenvalue weighted by atomic mass is 9.94. The monoisotopic (exact) mass is 340 g/mol. The van der Waals surface area contributed by atoms with Gasteiger partial charge in [-0.1, -0.05) is 30.3 Å². The summed E-state index contributed by atoms with van der Waals surface area (Å²) in [6, 6.07) is 10.2. The van der Waals surface area contributed by atoms with Crippen LogP contribution in [-0.4, -0.2) is 34.1 Å². The lowest BCUT2D eigenvalue weighted by Gasteiger charge is -2.28. The van der Waals surface area contributed by atoms with Gasteiger partial charge in [0.15, 0.2) is 0 Å². The van der Waals surface area contributed by atoms with E-state index in [-0.39, 0.29) is 29.7 Å². The zero-order chi connectivity index (χ0) is 17.9. The van der Waals surface area contributed by atoms with Crippen LogP contribution in [0.2, 0.25) is 0 Å². The van der Waals surface area contributed by atoms with Gasteiger partial charge in [0, 0.05) is 24.7 Å². The topological polar surface area (TPSA) is 78.1 Å². The van der Waals surface area contributed by atoms with Gasteiger partial charge in [-0.2, -0.15) is 5.10 Å². The van der Waals surface area contributed by atoms with Gasteiger partial charge in [-0.25, -0.2) is 0 Å². The molecule has 1 fully saturated rings. The molecule has 132 valence electrons. The average Bonchev–Trinajstić information content (AvgIpc) is 3.23. The number of nitrogens with zero attached hydrogens (tertiary/aromatic N) is 2. The van der Waals surface area contributed by atoms with Crippen LogP contribution in [0.4, 0.5) is 5.69 Å². The van der Waals surface area contributed by atoms with Crippen LogP contribution in [0.1, 0.15) is 32.3 Å². The van der Waals surface area contributed by atoms with E-state index in [1.165, 1.54) is 5.56 Å². The first-order valence-electron chi connectivity index (χ1n) is 8.60. The second-order valence-corrected chi connectivity index (χ2v) is 7.22. The van der Waals surface area contributed by atoms with Crippen LogP contribution >= 0.6 is 0 Å². The Labute approximate surface area is 147 Å². The van der Waals surface area contributed by atoms with E-state index >= 15 is 0 Å². The van der Waals surface area contributed by atoms with E-state index < -0.39 is 0 Å². The predicted molar refractivity (Wildman–Crippen MR) is 96.0 cm³/mol. The molecule has 2 heterocycles. The highest BCUT2D eigenvalue weighted by Crippen LogP contribution is 2.25. The summed E-state index contributed by atoms with van der Waals surface area (Å²) in [4.78, 5) is 26.4. The maximum Gasteiger partial charge on any atom is 0.227 e. The number of hydrogen-bond acceptors (Lipinski definition) is 3. The van der Waals surface area contributed by atoms with E-state index in [4.69, 9.17) is 0 Å². The van der Waals surface area contributed by atoms with Gasteiger partial charge in [0.2, 0.25) is 11.8 Å². The molecule has 1 aromatic heterocycles. The zero-order valence-corrected chi connectivity index (χ0v) is 14.7. The van der Waals surface area contributed by atoms with Crippen LogP contribution < -0.4 is 10.2 Å². The van der Waals surface area contributed by atoms with Crippen LogP contribution in [0.25, 0.3) is 0 Å². The Balaban J connectivity index is 1.55. The molecule has 0 radical (unpaired) electrons. The minimum absolute atomic E-state index is 0.0383. The average molecular weight is 340 g/mol. The summed E-state index contributed by atoms with van der Waals surface area (Å²) < 4.78 is 0. The van der Waals surface area contributed by atoms with Gasteiger partial charge in [0.05, 0.1) is 17.8 Å². The number of rotatable bonds is 6. The molecule has 0 spiro atoms. The van der Waals surface area contributed by atoms with Crippen LogP contribution in [0, 0.1) is 5.92 Å². The number of carbonyl (C=O) groups excluding carboxylic acids is 2. The van der Waals surface area contributed by atoms with Crippen molar-refractivity contribution >= 4 is 17.5 Å². The van der Waals surface area contributed by atoms with Gasteiger partial charge >= 0.3 is 0 Å². The standard InChI is InChI=1S/C19H24N4O2/c1-19(2,9-8-14-6-4-3-5-7-14)22-18(25)15-10-17(24)23(13-15)16-11-20-21-12-16/h3-7,11-12,15H,8-10,13H2,1-2H3,(H,20,21)(H,22,25)/t15-/m0/s1. The maximum absolute atomic E-state index is 12.6. The Morgan fingerprint density at radius 1 is 1.36 bits per heavy atom. The number of benzene rings is 1. The molecule has 6 heteroatoms. The molecule has 1 aliphatic rings. The summed E-state index contributed by atoms with van der Waals surface area (Å²) in [7, 11) is 0. The highest BCUT2D eigenvalue weighted by atomic mass is 16.2. The summed E-state index contributed by atoms with van der Waals surface area (Å²) in [5, 5.41) is 9.68. The normalized spacial score (nSPS) is 17.8. The molecule has 1 aliphatic heterocycles. The van der Waals surface area contributed by atoms with Crippen molar-refractivity contribution in [3.05, 3.63) is 48.3 Å². The van der Waals surface area contributed by atoms with Gasteiger partial charge in [-0.05, 0) is 32.3 Å². The Morgan fingerprint density at radius 2 is 2.12 bits per heavy atom. The molecule has 0 aliphatic carbocycles. The molecule has 0 bridgehead atoms. The Morgan fingerprint density at radius 3 is 2.80 bits per heavy atom. The zero-order valence-electron chi connectivity index (χ0n) is 14.7. The number of carbonyl (C=O) groups is 2. The molecule has 1 saturated heterocycles. The van der Waals surface area contributed by atoms with E-state index in [2.05, 4.69) is 27.6 Å². The first kappa shape index (κ1) is 17.2. The molecule has 2 amide bonds. The van der Waals surface area contributed by atoms with Gasteiger partial charge < -0.3 is 10.2 Å². The van der Waals surface area contributed by atoms with E-state index in [9.17, 15) is 9.59 Å². The predicted octanol–water partition coefficient (Wildman–Crippen LogP) is 2.29. The smallest absolute Gasteiger partial charge is 0.227 e. The molecule has 2 N–H and O–H groups in total. The number of nitrogens with one attached hydrogen (secondary N) is 2. The van der Waals surface area contributed by atoms with Crippen molar-refractivity contribution in [3.63, 3.8) is 0 Å². The number of amides is 2. The number of aryl methyl sites for hydroxylation is 1. The number of H-pyrrole nitrogens is 1. The Bertz CT molecular complexity index is 725. The van der Waals surface area contributed by atoms with Gasteiger partial charge in [0.25, 0.3) is 0 Å². The molecule has 0 unspecified atom stereocenters. The third kappa shape index (κ3) is 4.26. The maximum atomic E-state index is 12.6. The molecular formula is C19H24N4O2. The van der Waals surface area contributed by atoms with E-state index in [1.54, 1.807) is 17.3 Å². The fourth-order valence-electron chi connectivity index (χ4n) is 3.12. The van der Waals surface area contributed by atoms with Crippen molar-refractivity contribution in [2.45, 2.75) is 38.6 Å². The van der Waals surface area contributed by atoms with Crippen molar-refractivity contribution in [1.82, 2.24) is 15.5 Å². The van der Waals surface area contributed by atoms with Crippen LogP contribution in [-0.2, 0) is 16.0 Å². The van der Waals surface area contributed by atoms with E-state index in [0.717, 1.165) is 12.8 Å². The first-order valence-corrected chi connectivity index (χ1v) is 8.60. The second kappa shape index (κ2) is 7.09. The lowest BCUT2D eigenvalue weighted by Crippen LogP contribution is -2.47. The first-order chi connectivity index (χ1) is 11.9. The van der Waals surface area contributed by atoms with Crippen molar-refractivity contribution < 1.29 is 9.59 Å². The fraction of sp³-hybridized carbons (Fsp3) is 0.421. The summed E-state index contributed by atoms with van der Waals surface area (Å²) in [5.74, 6) is -0.417. The molecule has 1 aromatic carbocycles. The van der Waals surface area contributed by atoms with Gasteiger partial charge in [0.1, 0.15) is 0 Å². The molecular weight excluding hydrogens is 316 g/mol. The van der Waals surface area contributed by atoms with Crippen molar-refractivity contribution in [3.8, 4) is 0 Å². The molecule has 6 nitrogen and oxygen atoms in total. The lowest BCUT2D eigenvalue weighted by molar-refractivity contribution is -0.127. The van der Waals surface area contributed by atoms with Crippen LogP contribution in [0.5, 0.6) is 0 Å². The molecule has 25 heavy (non-hydrogen) atoms. The van der Waals surface area contributed by atoms with Crippen molar-refractivity contribution in [2.75, 3.05) is 11.4 Å². The van der Waals surface area contributed by atoms with Crippen LogP contribution in [0.15, 0.2) is 42.7 Å². The number of hydrogen-bond donors (Lipinski definition) is 2. The third-order valence-electron chi connectivity index (χ3n) is 4.63. The minimum atomic E-state index is -0.321. The van der Waals surface area contributed by atoms with Crippen LogP contribution in [0.3, 0.4) is 0 Å². The molecule has 1 atom stereocenters. The molecule has 2 aromatic rings. The fourth-order valence-corrected chi connectivity index (χ4v) is 3.12. The largest absolute Gasteiger partial charge is 0.351 e. The molecule has 0 saturated carbocycles. The summed E-state index contributed by atoms with van der Waals surface area (Å²) >= 11 is 0. The highest BCUT2D eigenvalue weighted by Gasteiger charge is 2.37. The summed E-state index contributed by atoms with van der Waals surface area (Å²) in [5.41, 5.74) is 1.65. The van der Waals surface area contributed by atoms with Gasteiger partial charge in [-0.3, -0.25) is 14.7 Å². The quantitative estimate of drug-likeness (QED) is 0.847. The van der Waals surface area contributed by atoms with E-state index in [0.29, 0.717) is 12.2 Å². The Hall–Kier alpha value is -2.63. The third-order valence-corrected chi connectivity index (χ3v) is 4.63. The van der Waals surface area contributed by atoms with Crippen molar-refractivity contribution in [1.29, 1.82) is 0 Å². The SMILES string of the molecule is CC(C)(CCc1ccccc1)NC(=O)[C@H]1CC(=O)N(c2cn[nH]c2)C1. The number of aromatic nitrogens is 2. The number of anilines is 1. The minimum Gasteiger partial charge on any atom is -0.351 e. The highest BCUT2D eigenvalue weighted by molar-refractivity contribution is 6.00.